The van der Waals surface area contributed by atoms with Gasteiger partial charge < -0.3 is 14.8 Å². The van der Waals surface area contributed by atoms with Gasteiger partial charge in [-0.15, -0.1) is 0 Å². The lowest BCUT2D eigenvalue weighted by atomic mass is 10.3. The molecule has 0 saturated carbocycles. The summed E-state index contributed by atoms with van der Waals surface area (Å²) < 4.78 is 17.9. The Morgan fingerprint density at radius 3 is 2.96 bits per heavy atom. The SMILES string of the molecule is [B][P+]1(O)OC[C@H](C)O[C@@H](n2cnc3c(=S)nc[nH]c32)[C@@H](O)CO1. The zero-order chi connectivity index (χ0) is 16.6. The summed E-state index contributed by atoms with van der Waals surface area (Å²) in [5, 5.41) is 10.4. The van der Waals surface area contributed by atoms with Crippen LogP contribution >= 0.6 is 20.0 Å². The van der Waals surface area contributed by atoms with Crippen molar-refractivity contribution < 1.29 is 23.8 Å². The highest BCUT2D eigenvalue weighted by atomic mass is 32.1. The van der Waals surface area contributed by atoms with Crippen molar-refractivity contribution in [3.63, 3.8) is 0 Å². The number of rotatable bonds is 1. The topological polar surface area (TPSA) is 115 Å². The van der Waals surface area contributed by atoms with E-state index in [1.807, 2.05) is 0 Å². The predicted octanol–water partition coefficient (Wildman–Crippen LogP) is 0.639. The van der Waals surface area contributed by atoms with Crippen LogP contribution in [0.4, 0.5) is 0 Å². The number of H-pyrrole nitrogens is 1. The van der Waals surface area contributed by atoms with Gasteiger partial charge in [-0.3, -0.25) is 4.57 Å². The minimum Gasteiger partial charge on any atom is -0.386 e. The van der Waals surface area contributed by atoms with Crippen molar-refractivity contribution in [2.45, 2.75) is 25.4 Å². The van der Waals surface area contributed by atoms with Gasteiger partial charge in [-0.2, -0.15) is 9.05 Å². The second-order valence-corrected chi connectivity index (χ2v) is 7.15. The minimum absolute atomic E-state index is 0.0220. The molecular formula is C11H15BN4O5PS+. The van der Waals surface area contributed by atoms with E-state index >= 15 is 0 Å². The smallest absolute Gasteiger partial charge is 0.386 e. The molecule has 0 spiro atoms. The molecule has 0 aliphatic carbocycles. The molecule has 3 heterocycles. The Kier molecular flexibility index (Phi) is 4.79. The van der Waals surface area contributed by atoms with Gasteiger partial charge in [-0.05, 0) is 6.92 Å². The van der Waals surface area contributed by atoms with Gasteiger partial charge in [0.2, 0.25) is 0 Å². The third kappa shape index (κ3) is 3.61. The molecule has 0 amide bonds. The third-order valence-electron chi connectivity index (χ3n) is 3.28. The Morgan fingerprint density at radius 1 is 1.43 bits per heavy atom. The maximum Gasteiger partial charge on any atom is 0.488 e. The van der Waals surface area contributed by atoms with E-state index in [1.165, 1.54) is 12.7 Å². The fraction of sp³-hybridized carbons (Fsp3) is 0.545. The number of ether oxygens (including phenoxy) is 1. The number of aromatic amines is 1. The fourth-order valence-corrected chi connectivity index (χ4v) is 3.27. The van der Waals surface area contributed by atoms with E-state index in [2.05, 4.69) is 15.0 Å². The maximum atomic E-state index is 10.4. The highest BCUT2D eigenvalue weighted by molar-refractivity contribution is 7.85. The number of imidazole rings is 1. The molecule has 2 radical (unpaired) electrons. The number of nitrogens with one attached hydrogen (secondary N) is 1. The molecule has 0 aromatic carbocycles. The summed E-state index contributed by atoms with van der Waals surface area (Å²) in [5.74, 6) is 0. The standard InChI is InChI=1S/C11H15BN4O5PS/c1-6-2-19-22(12,18)20-3-7(17)11(21-6)16-5-15-8-9(16)13-4-14-10(8)23/h4-7,11,17-18H,2-3H2,1H3,(H,13,14,23)/q+1/t6-,7-,11+,22?/m0/s1. The molecule has 1 fully saturated rings. The van der Waals surface area contributed by atoms with Gasteiger partial charge in [-0.1, -0.05) is 12.2 Å². The normalized spacial score (nSPS) is 33.1. The number of hydrogen-bond donors (Lipinski definition) is 3. The molecule has 1 aliphatic rings. The Hall–Kier alpha value is -0.935. The summed E-state index contributed by atoms with van der Waals surface area (Å²) in [7, 11) is 2.05. The molecule has 4 atom stereocenters. The van der Waals surface area contributed by atoms with Crippen LogP contribution in [-0.4, -0.2) is 62.5 Å². The lowest BCUT2D eigenvalue weighted by molar-refractivity contribution is -0.120. The number of aliphatic hydroxyl groups is 1. The van der Waals surface area contributed by atoms with Crippen molar-refractivity contribution in [2.24, 2.45) is 0 Å². The molecule has 3 rings (SSSR count). The Bertz CT molecular complexity index is 755. The Balaban J connectivity index is 1.98. The summed E-state index contributed by atoms with van der Waals surface area (Å²) in [6.07, 6.45) is 0.541. The molecule has 3 N–H and O–H groups in total. The second kappa shape index (κ2) is 6.52. The number of aliphatic hydroxyl groups excluding tert-OH is 1. The molecule has 2 aromatic rings. The van der Waals surface area contributed by atoms with Crippen molar-refractivity contribution in [2.75, 3.05) is 13.2 Å². The van der Waals surface area contributed by atoms with Crippen LogP contribution < -0.4 is 0 Å². The average Bonchev–Trinajstić information content (AvgIpc) is 2.94. The van der Waals surface area contributed by atoms with Crippen molar-refractivity contribution in [1.29, 1.82) is 0 Å². The lowest BCUT2D eigenvalue weighted by Crippen LogP contribution is -2.32. The molecule has 9 nitrogen and oxygen atoms in total. The molecule has 2 aromatic heterocycles. The third-order valence-corrected chi connectivity index (χ3v) is 4.62. The van der Waals surface area contributed by atoms with Crippen LogP contribution in [0.1, 0.15) is 13.2 Å². The first-order valence-electron chi connectivity index (χ1n) is 6.80. The van der Waals surface area contributed by atoms with Gasteiger partial charge in [0, 0.05) is 0 Å². The van der Waals surface area contributed by atoms with E-state index < -0.39 is 26.3 Å². The number of aromatic nitrogens is 4. The highest BCUT2D eigenvalue weighted by Crippen LogP contribution is 2.52. The number of fused-ring (bicyclic) bond motifs is 1. The predicted molar refractivity (Wildman–Crippen MR) is 85.1 cm³/mol. The van der Waals surface area contributed by atoms with Gasteiger partial charge >= 0.3 is 15.4 Å². The van der Waals surface area contributed by atoms with E-state index in [0.29, 0.717) is 15.8 Å². The zero-order valence-electron chi connectivity index (χ0n) is 12.2. The van der Waals surface area contributed by atoms with Crippen LogP contribution in [0.15, 0.2) is 12.7 Å². The van der Waals surface area contributed by atoms with Crippen LogP contribution in [0.5, 0.6) is 0 Å². The molecule has 0 bridgehead atoms. The molecule has 1 unspecified atom stereocenters. The van der Waals surface area contributed by atoms with E-state index in [0.717, 1.165) is 0 Å². The van der Waals surface area contributed by atoms with E-state index in [9.17, 15) is 10.00 Å². The second-order valence-electron chi connectivity index (χ2n) is 5.12. The monoisotopic (exact) mass is 357 g/mol. The highest BCUT2D eigenvalue weighted by Gasteiger charge is 2.39. The number of hydrogen-bond acceptors (Lipinski definition) is 8. The van der Waals surface area contributed by atoms with Gasteiger partial charge in [-0.25, -0.2) is 14.9 Å². The minimum atomic E-state index is -3.47. The molecule has 1 saturated heterocycles. The van der Waals surface area contributed by atoms with Crippen molar-refractivity contribution >= 4 is 38.8 Å². The summed E-state index contributed by atoms with van der Waals surface area (Å²) >= 11 is 5.12. The fourth-order valence-electron chi connectivity index (χ4n) is 2.20. The molecule has 12 heteroatoms. The number of nitrogens with zero attached hydrogens (tertiary/aromatic N) is 3. The molecule has 1 aliphatic heterocycles. The largest absolute Gasteiger partial charge is 0.488 e. The van der Waals surface area contributed by atoms with E-state index in [-0.39, 0.29) is 13.2 Å². The summed E-state index contributed by atoms with van der Waals surface area (Å²) in [6, 6.07) is 0. The van der Waals surface area contributed by atoms with Crippen LogP contribution in [0, 0.1) is 4.64 Å². The quantitative estimate of drug-likeness (QED) is 0.387. The Morgan fingerprint density at radius 2 is 2.17 bits per heavy atom. The van der Waals surface area contributed by atoms with E-state index in [1.54, 1.807) is 11.5 Å². The van der Waals surface area contributed by atoms with Crippen molar-refractivity contribution in [3.05, 3.63) is 17.3 Å². The van der Waals surface area contributed by atoms with Crippen LogP contribution in [0.3, 0.4) is 0 Å². The van der Waals surface area contributed by atoms with Gasteiger partial charge in [0.25, 0.3) is 0 Å². The summed E-state index contributed by atoms with van der Waals surface area (Å²) in [6.45, 7) is 1.49. The van der Waals surface area contributed by atoms with Crippen LogP contribution in [0.2, 0.25) is 0 Å². The molecule has 23 heavy (non-hydrogen) atoms. The first kappa shape index (κ1) is 16.9. The molecule has 122 valence electrons. The first-order chi connectivity index (χ1) is 10.9. The maximum absolute atomic E-state index is 10.4. The zero-order valence-corrected chi connectivity index (χ0v) is 13.9. The average molecular weight is 357 g/mol. The van der Waals surface area contributed by atoms with E-state index in [4.69, 9.17) is 33.6 Å². The lowest BCUT2D eigenvalue weighted by Gasteiger charge is -2.25. The van der Waals surface area contributed by atoms with Crippen LogP contribution in [-0.2, 0) is 13.8 Å². The van der Waals surface area contributed by atoms with Crippen LogP contribution in [0.25, 0.3) is 11.2 Å². The van der Waals surface area contributed by atoms with Gasteiger partial charge in [0.1, 0.15) is 30.5 Å². The molecular weight excluding hydrogens is 342 g/mol. The Labute approximate surface area is 138 Å². The van der Waals surface area contributed by atoms with Gasteiger partial charge in [0.05, 0.1) is 18.8 Å². The summed E-state index contributed by atoms with van der Waals surface area (Å²) in [5.41, 5.74) is 1.05. The first-order valence-corrected chi connectivity index (χ1v) is 8.86. The van der Waals surface area contributed by atoms with Crippen molar-refractivity contribution in [1.82, 2.24) is 19.5 Å². The van der Waals surface area contributed by atoms with Gasteiger partial charge in [0.15, 0.2) is 10.9 Å². The van der Waals surface area contributed by atoms with Crippen molar-refractivity contribution in [3.8, 4) is 0 Å². The summed E-state index contributed by atoms with van der Waals surface area (Å²) in [4.78, 5) is 20.9.